The van der Waals surface area contributed by atoms with Crippen molar-refractivity contribution in [3.63, 3.8) is 0 Å². The number of nitrogens with two attached hydrogens (primary N) is 1. The van der Waals surface area contributed by atoms with Crippen LogP contribution in [0.3, 0.4) is 0 Å². The molecule has 2 aromatic rings. The average Bonchev–Trinajstić information content (AvgIpc) is 2.57. The predicted octanol–water partition coefficient (Wildman–Crippen LogP) is 3.20. The standard InChI is InChI=1S/C13H17ClN2/c1-3-16-8-10(7-9(2)15)11-5-4-6-12(14)13(11)16/h4-6,8-9H,3,7,15H2,1-2H3. The molecule has 0 aliphatic rings. The first-order valence-electron chi connectivity index (χ1n) is 5.65. The molecule has 0 bridgehead atoms. The van der Waals surface area contributed by atoms with Gasteiger partial charge in [-0.3, -0.25) is 0 Å². The fraction of sp³-hybridized carbons (Fsp3) is 0.385. The zero-order chi connectivity index (χ0) is 11.7. The van der Waals surface area contributed by atoms with Gasteiger partial charge in [0.15, 0.2) is 0 Å². The van der Waals surface area contributed by atoms with Crippen molar-refractivity contribution in [2.75, 3.05) is 0 Å². The lowest BCUT2D eigenvalue weighted by molar-refractivity contribution is 0.731. The lowest BCUT2D eigenvalue weighted by atomic mass is 10.1. The Morgan fingerprint density at radius 1 is 1.44 bits per heavy atom. The van der Waals surface area contributed by atoms with E-state index in [9.17, 15) is 0 Å². The third-order valence-corrected chi connectivity index (χ3v) is 3.12. The quantitative estimate of drug-likeness (QED) is 0.872. The fourth-order valence-corrected chi connectivity index (χ4v) is 2.43. The third-order valence-electron chi connectivity index (χ3n) is 2.81. The molecule has 0 aliphatic heterocycles. The Kier molecular flexibility index (Phi) is 3.22. The molecule has 3 heteroatoms. The summed E-state index contributed by atoms with van der Waals surface area (Å²) < 4.78 is 2.19. The normalized spacial score (nSPS) is 13.2. The number of fused-ring (bicyclic) bond motifs is 1. The van der Waals surface area contributed by atoms with Crippen LogP contribution in [0, 0.1) is 0 Å². The number of halogens is 1. The summed E-state index contributed by atoms with van der Waals surface area (Å²) in [5, 5.41) is 2.04. The molecule has 16 heavy (non-hydrogen) atoms. The number of nitrogens with zero attached hydrogens (tertiary/aromatic N) is 1. The number of hydrogen-bond donors (Lipinski definition) is 1. The second-order valence-corrected chi connectivity index (χ2v) is 4.66. The molecule has 0 saturated heterocycles. The topological polar surface area (TPSA) is 30.9 Å². The van der Waals surface area contributed by atoms with Crippen molar-refractivity contribution in [3.05, 3.63) is 35.0 Å². The summed E-state index contributed by atoms with van der Waals surface area (Å²) in [6, 6.07) is 6.22. The average molecular weight is 237 g/mol. The van der Waals surface area contributed by atoms with E-state index in [0.717, 1.165) is 23.5 Å². The Bertz CT molecular complexity index is 500. The molecule has 0 fully saturated rings. The van der Waals surface area contributed by atoms with Crippen LogP contribution in [-0.4, -0.2) is 10.6 Å². The first-order chi connectivity index (χ1) is 7.63. The smallest absolute Gasteiger partial charge is 0.0672 e. The van der Waals surface area contributed by atoms with Gasteiger partial charge in [0, 0.05) is 24.2 Å². The molecule has 0 aliphatic carbocycles. The largest absolute Gasteiger partial charge is 0.346 e. The van der Waals surface area contributed by atoms with Gasteiger partial charge < -0.3 is 10.3 Å². The van der Waals surface area contributed by atoms with E-state index in [0.29, 0.717) is 0 Å². The van der Waals surface area contributed by atoms with Gasteiger partial charge in [-0.05, 0) is 31.9 Å². The van der Waals surface area contributed by atoms with E-state index < -0.39 is 0 Å². The van der Waals surface area contributed by atoms with Crippen LogP contribution < -0.4 is 5.73 Å². The third kappa shape index (κ3) is 1.95. The van der Waals surface area contributed by atoms with Crippen LogP contribution in [-0.2, 0) is 13.0 Å². The number of aryl methyl sites for hydroxylation is 1. The Hall–Kier alpha value is -0.990. The number of rotatable bonds is 3. The highest BCUT2D eigenvalue weighted by Crippen LogP contribution is 2.28. The van der Waals surface area contributed by atoms with E-state index in [1.807, 2.05) is 19.1 Å². The van der Waals surface area contributed by atoms with Crippen molar-refractivity contribution in [1.29, 1.82) is 0 Å². The number of hydrogen-bond acceptors (Lipinski definition) is 1. The van der Waals surface area contributed by atoms with Crippen LogP contribution in [0.25, 0.3) is 10.9 Å². The summed E-state index contributed by atoms with van der Waals surface area (Å²) >= 11 is 6.24. The molecule has 1 heterocycles. The first kappa shape index (κ1) is 11.5. The van der Waals surface area contributed by atoms with Gasteiger partial charge in [-0.25, -0.2) is 0 Å². The highest BCUT2D eigenvalue weighted by molar-refractivity contribution is 6.35. The van der Waals surface area contributed by atoms with Crippen molar-refractivity contribution in [2.45, 2.75) is 32.9 Å². The Labute approximate surface area is 101 Å². The van der Waals surface area contributed by atoms with E-state index in [-0.39, 0.29) is 6.04 Å². The first-order valence-corrected chi connectivity index (χ1v) is 6.03. The second-order valence-electron chi connectivity index (χ2n) is 4.26. The zero-order valence-corrected chi connectivity index (χ0v) is 10.5. The minimum Gasteiger partial charge on any atom is -0.346 e. The second kappa shape index (κ2) is 4.48. The summed E-state index contributed by atoms with van der Waals surface area (Å²) in [6.45, 7) is 5.08. The lowest BCUT2D eigenvalue weighted by Crippen LogP contribution is -2.17. The van der Waals surface area contributed by atoms with Crippen molar-refractivity contribution in [1.82, 2.24) is 4.57 Å². The van der Waals surface area contributed by atoms with Crippen LogP contribution in [0.5, 0.6) is 0 Å². The van der Waals surface area contributed by atoms with Crippen LogP contribution in [0.4, 0.5) is 0 Å². The molecule has 0 saturated carbocycles. The maximum Gasteiger partial charge on any atom is 0.0672 e. The van der Waals surface area contributed by atoms with Crippen molar-refractivity contribution in [2.24, 2.45) is 5.73 Å². The number of benzene rings is 1. The van der Waals surface area contributed by atoms with Gasteiger partial charge in [0.2, 0.25) is 0 Å². The molecule has 1 atom stereocenters. The van der Waals surface area contributed by atoms with Crippen molar-refractivity contribution >= 4 is 22.5 Å². The summed E-state index contributed by atoms with van der Waals surface area (Å²) in [5.41, 5.74) is 8.28. The van der Waals surface area contributed by atoms with E-state index in [2.05, 4.69) is 23.8 Å². The molecule has 2 N–H and O–H groups in total. The number of aromatic nitrogens is 1. The van der Waals surface area contributed by atoms with Crippen LogP contribution in [0.1, 0.15) is 19.4 Å². The molecular formula is C13H17ClN2. The summed E-state index contributed by atoms with van der Waals surface area (Å²) in [6.07, 6.45) is 3.06. The van der Waals surface area contributed by atoms with Crippen LogP contribution in [0.2, 0.25) is 5.02 Å². The highest BCUT2D eigenvalue weighted by Gasteiger charge is 2.11. The molecule has 0 spiro atoms. The molecule has 86 valence electrons. The Balaban J connectivity index is 2.63. The van der Waals surface area contributed by atoms with E-state index in [4.69, 9.17) is 17.3 Å². The predicted molar refractivity (Wildman–Crippen MR) is 70.0 cm³/mol. The molecule has 1 unspecified atom stereocenters. The minimum atomic E-state index is 0.176. The molecule has 1 aromatic carbocycles. The Morgan fingerprint density at radius 3 is 2.81 bits per heavy atom. The van der Waals surface area contributed by atoms with Crippen molar-refractivity contribution < 1.29 is 0 Å². The van der Waals surface area contributed by atoms with Gasteiger partial charge in [-0.15, -0.1) is 0 Å². The van der Waals surface area contributed by atoms with E-state index >= 15 is 0 Å². The lowest BCUT2D eigenvalue weighted by Gasteiger charge is -2.03. The molecule has 1 aromatic heterocycles. The highest BCUT2D eigenvalue weighted by atomic mass is 35.5. The van der Waals surface area contributed by atoms with Gasteiger partial charge >= 0.3 is 0 Å². The van der Waals surface area contributed by atoms with E-state index in [1.54, 1.807) is 0 Å². The molecule has 0 amide bonds. The molecule has 2 rings (SSSR count). The van der Waals surface area contributed by atoms with Crippen LogP contribution in [0.15, 0.2) is 24.4 Å². The Morgan fingerprint density at radius 2 is 2.19 bits per heavy atom. The number of para-hydroxylation sites is 1. The summed E-state index contributed by atoms with van der Waals surface area (Å²) in [5.74, 6) is 0. The van der Waals surface area contributed by atoms with Gasteiger partial charge in [-0.1, -0.05) is 23.7 Å². The molecule has 2 nitrogen and oxygen atoms in total. The SMILES string of the molecule is CCn1cc(CC(C)N)c2cccc(Cl)c21. The van der Waals surface area contributed by atoms with Gasteiger partial charge in [0.1, 0.15) is 0 Å². The summed E-state index contributed by atoms with van der Waals surface area (Å²) in [7, 11) is 0. The zero-order valence-electron chi connectivity index (χ0n) is 9.70. The summed E-state index contributed by atoms with van der Waals surface area (Å²) in [4.78, 5) is 0. The molecular weight excluding hydrogens is 220 g/mol. The van der Waals surface area contributed by atoms with E-state index in [1.165, 1.54) is 10.9 Å². The monoisotopic (exact) mass is 236 g/mol. The van der Waals surface area contributed by atoms with Crippen LogP contribution >= 0.6 is 11.6 Å². The maximum atomic E-state index is 6.24. The van der Waals surface area contributed by atoms with Gasteiger partial charge in [0.25, 0.3) is 0 Å². The van der Waals surface area contributed by atoms with Gasteiger partial charge in [0.05, 0.1) is 10.5 Å². The maximum absolute atomic E-state index is 6.24. The van der Waals surface area contributed by atoms with Crippen molar-refractivity contribution in [3.8, 4) is 0 Å². The van der Waals surface area contributed by atoms with Gasteiger partial charge in [-0.2, -0.15) is 0 Å². The minimum absolute atomic E-state index is 0.176. The fourth-order valence-electron chi connectivity index (χ4n) is 2.15. The molecule has 0 radical (unpaired) electrons.